The van der Waals surface area contributed by atoms with Gasteiger partial charge in [0.25, 0.3) is 0 Å². The third-order valence-corrected chi connectivity index (χ3v) is 7.96. The number of pyridine rings is 1. The molecule has 2 atom stereocenters. The molecular weight excluding hydrogens is 512 g/mol. The summed E-state index contributed by atoms with van der Waals surface area (Å²) in [5.41, 5.74) is 3.75. The van der Waals surface area contributed by atoms with Crippen LogP contribution in [0.1, 0.15) is 26.3 Å². The Morgan fingerprint density at radius 3 is 2.56 bits per heavy atom. The van der Waals surface area contributed by atoms with Crippen LogP contribution in [0.3, 0.4) is 0 Å². The van der Waals surface area contributed by atoms with E-state index in [4.69, 9.17) is 29.2 Å². The monoisotopic (exact) mass is 552 g/mol. The number of ether oxygens (including phenoxy) is 3. The lowest BCUT2D eigenvalue weighted by Crippen LogP contribution is -2.46. The molecule has 2 aliphatic rings. The zero-order valence-corrected chi connectivity index (χ0v) is 24.3. The van der Waals surface area contributed by atoms with Crippen LogP contribution in [0.5, 0.6) is 5.75 Å². The number of thioether (sulfide) groups is 1. The maximum Gasteiger partial charge on any atom is 0.229 e. The van der Waals surface area contributed by atoms with Gasteiger partial charge in [-0.2, -0.15) is 21.7 Å². The number of fused-ring (bicyclic) bond motifs is 1. The molecule has 9 nitrogen and oxygen atoms in total. The van der Waals surface area contributed by atoms with Gasteiger partial charge in [-0.1, -0.05) is 6.92 Å². The second-order valence-electron chi connectivity index (χ2n) is 10.1. The zero-order valence-electron chi connectivity index (χ0n) is 23.5. The standard InChI is InChI=1S/C29H40N6O3S/c1-5-39-15-10-30-17-23-16-22(6-9-26(23)36-4)25-8-7-24-27(31-25)32-29(35-18-20(2)38-21(3)19-35)33-28(24)34-11-13-37-14-12-34/h6-9,16,20-21,30H,5,10-15,17-19H2,1-4H3/t20-,21+. The van der Waals surface area contributed by atoms with Crippen molar-refractivity contribution in [3.8, 4) is 17.0 Å². The summed E-state index contributed by atoms with van der Waals surface area (Å²) in [5, 5.41) is 4.50. The molecule has 0 aliphatic carbocycles. The van der Waals surface area contributed by atoms with Crippen LogP contribution in [0.4, 0.5) is 11.8 Å². The molecular formula is C29H40N6O3S. The van der Waals surface area contributed by atoms with Crippen molar-refractivity contribution < 1.29 is 14.2 Å². The van der Waals surface area contributed by atoms with E-state index in [9.17, 15) is 0 Å². The minimum Gasteiger partial charge on any atom is -0.496 e. The average Bonchev–Trinajstić information content (AvgIpc) is 2.96. The van der Waals surface area contributed by atoms with Crippen LogP contribution in [0.25, 0.3) is 22.3 Å². The number of benzene rings is 1. The Kier molecular flexibility index (Phi) is 9.39. The van der Waals surface area contributed by atoms with Gasteiger partial charge in [-0.3, -0.25) is 0 Å². The van der Waals surface area contributed by atoms with Crippen LogP contribution < -0.4 is 19.9 Å². The fraction of sp³-hybridized carbons (Fsp3) is 0.552. The van der Waals surface area contributed by atoms with E-state index < -0.39 is 0 Å². The third kappa shape index (κ3) is 6.74. The Bertz CT molecular complexity index is 1250. The van der Waals surface area contributed by atoms with Crippen molar-refractivity contribution in [1.29, 1.82) is 0 Å². The first-order valence-corrected chi connectivity index (χ1v) is 15.1. The number of aromatic nitrogens is 3. The number of anilines is 2. The van der Waals surface area contributed by atoms with E-state index >= 15 is 0 Å². The predicted molar refractivity (Wildman–Crippen MR) is 159 cm³/mol. The van der Waals surface area contributed by atoms with Gasteiger partial charge in [-0.05, 0) is 49.9 Å². The molecule has 10 heteroatoms. The smallest absolute Gasteiger partial charge is 0.229 e. The molecule has 2 aromatic heterocycles. The van der Waals surface area contributed by atoms with Gasteiger partial charge in [-0.15, -0.1) is 0 Å². The van der Waals surface area contributed by atoms with Crippen LogP contribution in [-0.4, -0.2) is 91.7 Å². The summed E-state index contributed by atoms with van der Waals surface area (Å²) in [5.74, 6) is 4.74. The zero-order chi connectivity index (χ0) is 27.2. The largest absolute Gasteiger partial charge is 0.496 e. The van der Waals surface area contributed by atoms with E-state index in [-0.39, 0.29) is 12.2 Å². The Labute approximate surface area is 235 Å². The number of hydrogen-bond donors (Lipinski definition) is 1. The topological polar surface area (TPSA) is 84.9 Å². The molecule has 0 spiro atoms. The van der Waals surface area contributed by atoms with E-state index in [1.54, 1.807) is 7.11 Å². The minimum atomic E-state index is 0.117. The number of morpholine rings is 2. The van der Waals surface area contributed by atoms with Gasteiger partial charge in [0.05, 0.1) is 43.6 Å². The first-order chi connectivity index (χ1) is 19.1. The quantitative estimate of drug-likeness (QED) is 0.373. The fourth-order valence-corrected chi connectivity index (χ4v) is 5.81. The summed E-state index contributed by atoms with van der Waals surface area (Å²) in [4.78, 5) is 19.7. The highest BCUT2D eigenvalue weighted by Crippen LogP contribution is 2.31. The molecule has 0 radical (unpaired) electrons. The first kappa shape index (κ1) is 27.9. The van der Waals surface area contributed by atoms with Gasteiger partial charge in [0.15, 0.2) is 5.65 Å². The van der Waals surface area contributed by atoms with E-state index in [0.717, 1.165) is 84.5 Å². The lowest BCUT2D eigenvalue weighted by Gasteiger charge is -2.36. The third-order valence-electron chi connectivity index (χ3n) is 7.06. The number of rotatable bonds is 10. The molecule has 0 bridgehead atoms. The lowest BCUT2D eigenvalue weighted by atomic mass is 10.1. The highest BCUT2D eigenvalue weighted by Gasteiger charge is 2.26. The summed E-state index contributed by atoms with van der Waals surface area (Å²) in [6.45, 7) is 12.6. The molecule has 3 aromatic rings. The molecule has 1 N–H and O–H groups in total. The molecule has 39 heavy (non-hydrogen) atoms. The van der Waals surface area contributed by atoms with Crippen molar-refractivity contribution in [2.45, 2.75) is 39.5 Å². The van der Waals surface area contributed by atoms with E-state index in [1.165, 1.54) is 0 Å². The second kappa shape index (κ2) is 13.1. The first-order valence-electron chi connectivity index (χ1n) is 13.9. The lowest BCUT2D eigenvalue weighted by molar-refractivity contribution is -0.00570. The predicted octanol–water partition coefficient (Wildman–Crippen LogP) is 3.99. The van der Waals surface area contributed by atoms with Crippen LogP contribution in [-0.2, 0) is 16.0 Å². The Balaban J connectivity index is 1.50. The number of hydrogen-bond acceptors (Lipinski definition) is 10. The van der Waals surface area contributed by atoms with Crippen molar-refractivity contribution >= 4 is 34.6 Å². The molecule has 210 valence electrons. The summed E-state index contributed by atoms with van der Waals surface area (Å²) in [6, 6.07) is 10.5. The molecule has 0 saturated carbocycles. The van der Waals surface area contributed by atoms with Crippen molar-refractivity contribution in [1.82, 2.24) is 20.3 Å². The molecule has 1 aromatic carbocycles. The van der Waals surface area contributed by atoms with E-state index in [2.05, 4.69) is 60.2 Å². The van der Waals surface area contributed by atoms with Gasteiger partial charge >= 0.3 is 0 Å². The molecule has 2 aliphatic heterocycles. The molecule has 0 unspecified atom stereocenters. The van der Waals surface area contributed by atoms with Gasteiger partial charge in [-0.25, -0.2) is 4.98 Å². The van der Waals surface area contributed by atoms with Crippen molar-refractivity contribution in [2.24, 2.45) is 0 Å². The summed E-state index contributed by atoms with van der Waals surface area (Å²) in [6.07, 6.45) is 0.233. The normalized spacial score (nSPS) is 20.0. The van der Waals surface area contributed by atoms with Gasteiger partial charge in [0.2, 0.25) is 5.95 Å². The number of nitrogens with zero attached hydrogens (tertiary/aromatic N) is 5. The maximum absolute atomic E-state index is 5.97. The molecule has 5 rings (SSSR count). The van der Waals surface area contributed by atoms with Crippen molar-refractivity contribution in [3.63, 3.8) is 0 Å². The van der Waals surface area contributed by atoms with Gasteiger partial charge in [0, 0.05) is 56.1 Å². The summed E-state index contributed by atoms with van der Waals surface area (Å²) < 4.78 is 17.2. The Hall–Kier alpha value is -2.66. The molecule has 4 heterocycles. The van der Waals surface area contributed by atoms with E-state index in [0.29, 0.717) is 24.8 Å². The second-order valence-corrected chi connectivity index (χ2v) is 11.5. The SMILES string of the molecule is CCSCCNCc1cc(-c2ccc3c(N4CCOCC4)nc(N4C[C@@H](C)O[C@@H](C)C4)nc3n2)ccc1OC. The molecule has 2 saturated heterocycles. The Morgan fingerprint density at radius 2 is 1.82 bits per heavy atom. The average molecular weight is 553 g/mol. The van der Waals surface area contributed by atoms with Crippen LogP contribution in [0.2, 0.25) is 0 Å². The Morgan fingerprint density at radius 1 is 1.03 bits per heavy atom. The van der Waals surface area contributed by atoms with Gasteiger partial charge in [0.1, 0.15) is 11.6 Å². The molecule has 0 amide bonds. The summed E-state index contributed by atoms with van der Waals surface area (Å²) in [7, 11) is 1.72. The van der Waals surface area contributed by atoms with Crippen LogP contribution in [0, 0.1) is 0 Å². The van der Waals surface area contributed by atoms with Crippen molar-refractivity contribution in [3.05, 3.63) is 35.9 Å². The van der Waals surface area contributed by atoms with Gasteiger partial charge < -0.3 is 29.3 Å². The molecule has 2 fully saturated rings. The number of methoxy groups -OCH3 is 1. The van der Waals surface area contributed by atoms with Crippen molar-refractivity contribution in [2.75, 3.05) is 74.4 Å². The number of nitrogens with one attached hydrogen (secondary N) is 1. The highest BCUT2D eigenvalue weighted by atomic mass is 32.2. The minimum absolute atomic E-state index is 0.117. The van der Waals surface area contributed by atoms with Crippen LogP contribution >= 0.6 is 11.8 Å². The highest BCUT2D eigenvalue weighted by molar-refractivity contribution is 7.99. The maximum atomic E-state index is 5.97. The fourth-order valence-electron chi connectivity index (χ4n) is 5.23. The van der Waals surface area contributed by atoms with Crippen LogP contribution in [0.15, 0.2) is 30.3 Å². The summed E-state index contributed by atoms with van der Waals surface area (Å²) >= 11 is 1.94. The van der Waals surface area contributed by atoms with E-state index in [1.807, 2.05) is 17.8 Å².